The third-order valence-corrected chi connectivity index (χ3v) is 2.99. The van der Waals surface area contributed by atoms with E-state index in [4.69, 9.17) is 5.26 Å². The molecule has 0 aliphatic carbocycles. The van der Waals surface area contributed by atoms with E-state index in [-0.39, 0.29) is 0 Å². The topological polar surface area (TPSA) is 27.0 Å². The predicted molar refractivity (Wildman–Crippen MR) is 87.6 cm³/mol. The normalized spacial score (nSPS) is 11.8. The monoisotopic (exact) mass is 270 g/mol. The molecule has 108 valence electrons. The summed E-state index contributed by atoms with van der Waals surface area (Å²) in [6.07, 6.45) is 1.92. The van der Waals surface area contributed by atoms with Gasteiger partial charge in [0.05, 0.1) is 6.07 Å². The molecule has 1 aromatic carbocycles. The number of benzene rings is 1. The molecule has 2 heteroatoms. The minimum atomic E-state index is 0.647. The van der Waals surface area contributed by atoms with E-state index < -0.39 is 0 Å². The zero-order valence-corrected chi connectivity index (χ0v) is 13.4. The summed E-state index contributed by atoms with van der Waals surface area (Å²) in [4.78, 5) is 2.44. The van der Waals surface area contributed by atoms with E-state index in [0.717, 1.165) is 24.2 Å². The van der Waals surface area contributed by atoms with Gasteiger partial charge in [0, 0.05) is 24.4 Å². The van der Waals surface area contributed by atoms with Crippen molar-refractivity contribution in [2.45, 2.75) is 34.6 Å². The predicted octanol–water partition coefficient (Wildman–Crippen LogP) is 4.73. The van der Waals surface area contributed by atoms with Gasteiger partial charge in [-0.1, -0.05) is 39.8 Å². The summed E-state index contributed by atoms with van der Waals surface area (Å²) in [7, 11) is 0. The van der Waals surface area contributed by atoms with Crippen LogP contribution in [-0.2, 0) is 0 Å². The Labute approximate surface area is 123 Å². The Morgan fingerprint density at radius 3 is 2.00 bits per heavy atom. The SMILES string of the molecule is C/C(C#N)=C/c1ccc(N(CC(C)C)CC(C)C)cc1. The van der Waals surface area contributed by atoms with E-state index >= 15 is 0 Å². The van der Waals surface area contributed by atoms with Crippen LogP contribution in [0.1, 0.15) is 40.2 Å². The molecule has 1 aromatic rings. The minimum absolute atomic E-state index is 0.647. The maximum atomic E-state index is 8.81. The van der Waals surface area contributed by atoms with Crippen LogP contribution < -0.4 is 4.90 Å². The molecule has 2 nitrogen and oxygen atoms in total. The fourth-order valence-electron chi connectivity index (χ4n) is 2.23. The van der Waals surface area contributed by atoms with Gasteiger partial charge in [0.25, 0.3) is 0 Å². The number of anilines is 1. The van der Waals surface area contributed by atoms with Gasteiger partial charge in [0.15, 0.2) is 0 Å². The van der Waals surface area contributed by atoms with Gasteiger partial charge in [-0.25, -0.2) is 0 Å². The Kier molecular flexibility index (Phi) is 6.31. The number of hydrogen-bond donors (Lipinski definition) is 0. The highest BCUT2D eigenvalue weighted by atomic mass is 15.1. The Hall–Kier alpha value is -1.75. The second-order valence-corrected chi connectivity index (χ2v) is 6.22. The zero-order valence-electron chi connectivity index (χ0n) is 13.4. The van der Waals surface area contributed by atoms with Crippen molar-refractivity contribution in [3.8, 4) is 6.07 Å². The van der Waals surface area contributed by atoms with Crippen LogP contribution in [-0.4, -0.2) is 13.1 Å². The molecule has 0 aromatic heterocycles. The first kappa shape index (κ1) is 16.3. The highest BCUT2D eigenvalue weighted by Gasteiger charge is 2.10. The lowest BCUT2D eigenvalue weighted by Gasteiger charge is -2.28. The van der Waals surface area contributed by atoms with E-state index in [2.05, 4.69) is 62.9 Å². The van der Waals surface area contributed by atoms with E-state index in [1.54, 1.807) is 0 Å². The van der Waals surface area contributed by atoms with Crippen LogP contribution in [0, 0.1) is 23.2 Å². The van der Waals surface area contributed by atoms with Gasteiger partial charge >= 0.3 is 0 Å². The molecule has 0 radical (unpaired) electrons. The van der Waals surface area contributed by atoms with E-state index in [0.29, 0.717) is 11.8 Å². The van der Waals surface area contributed by atoms with E-state index in [1.807, 2.05) is 13.0 Å². The maximum absolute atomic E-state index is 8.81. The van der Waals surface area contributed by atoms with Crippen molar-refractivity contribution in [2.75, 3.05) is 18.0 Å². The third-order valence-electron chi connectivity index (χ3n) is 2.99. The molecule has 0 atom stereocenters. The second-order valence-electron chi connectivity index (χ2n) is 6.22. The van der Waals surface area contributed by atoms with Gasteiger partial charge in [-0.2, -0.15) is 5.26 Å². The molecule has 0 aliphatic heterocycles. The first-order valence-corrected chi connectivity index (χ1v) is 7.35. The fraction of sp³-hybridized carbons (Fsp3) is 0.500. The molecule has 0 unspecified atom stereocenters. The van der Waals surface area contributed by atoms with Crippen LogP contribution in [0.25, 0.3) is 6.08 Å². The van der Waals surface area contributed by atoms with Crippen LogP contribution in [0.4, 0.5) is 5.69 Å². The summed E-state index contributed by atoms with van der Waals surface area (Å²) >= 11 is 0. The third kappa shape index (κ3) is 5.48. The summed E-state index contributed by atoms with van der Waals surface area (Å²) in [5.74, 6) is 1.29. The lowest BCUT2D eigenvalue weighted by molar-refractivity contribution is 0.553. The molecule has 0 saturated carbocycles. The summed E-state index contributed by atoms with van der Waals surface area (Å²) < 4.78 is 0. The Morgan fingerprint density at radius 1 is 1.10 bits per heavy atom. The number of rotatable bonds is 6. The van der Waals surface area contributed by atoms with Crippen molar-refractivity contribution < 1.29 is 0 Å². The fourth-order valence-corrected chi connectivity index (χ4v) is 2.23. The lowest BCUT2D eigenvalue weighted by Crippen LogP contribution is -2.31. The van der Waals surface area contributed by atoms with Crippen LogP contribution in [0.5, 0.6) is 0 Å². The molecule has 0 N–H and O–H groups in total. The van der Waals surface area contributed by atoms with Crippen LogP contribution >= 0.6 is 0 Å². The van der Waals surface area contributed by atoms with Crippen molar-refractivity contribution >= 4 is 11.8 Å². The largest absolute Gasteiger partial charge is 0.371 e. The molecule has 0 spiro atoms. The smallest absolute Gasteiger partial charge is 0.0944 e. The second kappa shape index (κ2) is 7.75. The molecule has 0 aliphatic rings. The Balaban J connectivity index is 2.90. The van der Waals surface area contributed by atoms with Crippen molar-refractivity contribution in [3.05, 3.63) is 35.4 Å². The van der Waals surface area contributed by atoms with Crippen molar-refractivity contribution in [2.24, 2.45) is 11.8 Å². The first-order chi connectivity index (χ1) is 9.42. The first-order valence-electron chi connectivity index (χ1n) is 7.35. The van der Waals surface area contributed by atoms with E-state index in [9.17, 15) is 0 Å². The van der Waals surface area contributed by atoms with Crippen LogP contribution in [0.15, 0.2) is 29.8 Å². The Morgan fingerprint density at radius 2 is 1.60 bits per heavy atom. The summed E-state index contributed by atoms with van der Waals surface area (Å²) in [5, 5.41) is 8.81. The van der Waals surface area contributed by atoms with Crippen LogP contribution in [0.3, 0.4) is 0 Å². The Bertz CT molecular complexity index is 465. The molecule has 0 heterocycles. The van der Waals surface area contributed by atoms with Gasteiger partial charge < -0.3 is 4.90 Å². The quantitative estimate of drug-likeness (QED) is 0.699. The average molecular weight is 270 g/mol. The molecule has 0 saturated heterocycles. The number of nitriles is 1. The van der Waals surface area contributed by atoms with Gasteiger partial charge in [0.1, 0.15) is 0 Å². The van der Waals surface area contributed by atoms with Gasteiger partial charge in [0.2, 0.25) is 0 Å². The number of hydrogen-bond acceptors (Lipinski definition) is 2. The number of allylic oxidation sites excluding steroid dienone is 1. The summed E-state index contributed by atoms with van der Waals surface area (Å²) in [5.41, 5.74) is 3.08. The number of nitrogens with zero attached hydrogens (tertiary/aromatic N) is 2. The van der Waals surface area contributed by atoms with Crippen molar-refractivity contribution in [3.63, 3.8) is 0 Å². The molecule has 1 rings (SSSR count). The van der Waals surface area contributed by atoms with Crippen molar-refractivity contribution in [1.29, 1.82) is 5.26 Å². The van der Waals surface area contributed by atoms with Gasteiger partial charge in [-0.15, -0.1) is 0 Å². The lowest BCUT2D eigenvalue weighted by atomic mass is 10.1. The minimum Gasteiger partial charge on any atom is -0.371 e. The van der Waals surface area contributed by atoms with Gasteiger partial charge in [-0.05, 0) is 42.5 Å². The standard InChI is InChI=1S/C18H26N2/c1-14(2)12-20(13-15(3)4)18-8-6-17(7-9-18)10-16(5)11-19/h6-10,14-15H,12-13H2,1-5H3/b16-10-. The highest BCUT2D eigenvalue weighted by Crippen LogP contribution is 2.19. The molecular formula is C18H26N2. The average Bonchev–Trinajstić information content (AvgIpc) is 2.37. The molecule has 20 heavy (non-hydrogen) atoms. The molecule has 0 fully saturated rings. The highest BCUT2D eigenvalue weighted by molar-refractivity contribution is 5.59. The summed E-state index contributed by atoms with van der Waals surface area (Å²) in [6, 6.07) is 10.6. The van der Waals surface area contributed by atoms with Crippen LogP contribution in [0.2, 0.25) is 0 Å². The van der Waals surface area contributed by atoms with Crippen molar-refractivity contribution in [1.82, 2.24) is 0 Å². The van der Waals surface area contributed by atoms with Gasteiger partial charge in [-0.3, -0.25) is 0 Å². The zero-order chi connectivity index (χ0) is 15.1. The summed E-state index contributed by atoms with van der Waals surface area (Å²) in [6.45, 7) is 13.0. The molecular weight excluding hydrogens is 244 g/mol. The molecule has 0 bridgehead atoms. The molecule has 0 amide bonds. The van der Waals surface area contributed by atoms with E-state index in [1.165, 1.54) is 5.69 Å². The maximum Gasteiger partial charge on any atom is 0.0944 e.